The molecule has 5 nitrogen and oxygen atoms in total. The van der Waals surface area contributed by atoms with E-state index in [1.54, 1.807) is 27.7 Å². The van der Waals surface area contributed by atoms with E-state index in [4.69, 9.17) is 4.74 Å². The van der Waals surface area contributed by atoms with E-state index in [1.807, 2.05) is 0 Å². The van der Waals surface area contributed by atoms with E-state index < -0.39 is 42.5 Å². The molecule has 7 heteroatoms. The van der Waals surface area contributed by atoms with Crippen LogP contribution in [-0.2, 0) is 9.53 Å². The number of ether oxygens (including phenoxy) is 1. The van der Waals surface area contributed by atoms with Gasteiger partial charge in [0.1, 0.15) is 24.5 Å². The lowest BCUT2D eigenvalue weighted by molar-refractivity contribution is -0.134. The number of alkyl halides is 2. The second kappa shape index (κ2) is 7.04. The van der Waals surface area contributed by atoms with Gasteiger partial charge in [-0.25, -0.2) is 13.6 Å². The maximum Gasteiger partial charge on any atom is 0.408 e. The number of nitrogens with one attached hydrogen (secondary N) is 1. The van der Waals surface area contributed by atoms with Gasteiger partial charge in [0.15, 0.2) is 0 Å². The van der Waals surface area contributed by atoms with Crippen LogP contribution >= 0.6 is 0 Å². The van der Waals surface area contributed by atoms with Gasteiger partial charge in [-0.05, 0) is 27.2 Å². The molecule has 21 heavy (non-hydrogen) atoms. The monoisotopic (exact) mass is 306 g/mol. The molecule has 0 spiro atoms. The SMILES string of the molecule is CC[C@H](NC(=O)OC(C)(C)C)C(=O)N1C[C@@H](F)C[C@H]1CF. The number of rotatable bonds is 4. The molecule has 1 saturated heterocycles. The largest absolute Gasteiger partial charge is 0.444 e. The van der Waals surface area contributed by atoms with Crippen molar-refractivity contribution in [1.82, 2.24) is 10.2 Å². The summed E-state index contributed by atoms with van der Waals surface area (Å²) in [6.45, 7) is 5.94. The van der Waals surface area contributed by atoms with E-state index in [1.165, 1.54) is 4.90 Å². The standard InChI is InChI=1S/C14H24F2N2O3/c1-5-11(17-13(20)21-14(2,3)4)12(19)18-8-9(16)6-10(18)7-15/h9-11H,5-8H2,1-4H3,(H,17,20)/t9-,10-,11-/m0/s1. The van der Waals surface area contributed by atoms with Crippen LogP contribution in [0.2, 0.25) is 0 Å². The van der Waals surface area contributed by atoms with Crippen LogP contribution < -0.4 is 5.32 Å². The quantitative estimate of drug-likeness (QED) is 0.866. The fourth-order valence-electron chi connectivity index (χ4n) is 2.26. The molecule has 0 saturated carbocycles. The Bertz CT molecular complexity index is 385. The molecule has 122 valence electrons. The summed E-state index contributed by atoms with van der Waals surface area (Å²) in [4.78, 5) is 25.2. The van der Waals surface area contributed by atoms with Crippen molar-refractivity contribution in [2.45, 2.75) is 64.4 Å². The molecule has 0 aliphatic carbocycles. The summed E-state index contributed by atoms with van der Waals surface area (Å²) in [6, 6.07) is -1.58. The fourth-order valence-corrected chi connectivity index (χ4v) is 2.26. The minimum atomic E-state index is -1.21. The van der Waals surface area contributed by atoms with Crippen LogP contribution in [0, 0.1) is 0 Å². The van der Waals surface area contributed by atoms with E-state index in [2.05, 4.69) is 5.32 Å². The van der Waals surface area contributed by atoms with Crippen LogP contribution in [-0.4, -0.2) is 54.0 Å². The minimum absolute atomic E-state index is 0.00507. The molecule has 1 aliphatic heterocycles. The van der Waals surface area contributed by atoms with Crippen LogP contribution in [0.5, 0.6) is 0 Å². The van der Waals surface area contributed by atoms with E-state index in [0.29, 0.717) is 6.42 Å². The molecular formula is C14H24F2N2O3. The number of hydrogen-bond donors (Lipinski definition) is 1. The zero-order valence-electron chi connectivity index (χ0n) is 13.0. The molecular weight excluding hydrogens is 282 g/mol. The van der Waals surface area contributed by atoms with Gasteiger partial charge < -0.3 is 15.0 Å². The zero-order valence-corrected chi connectivity index (χ0v) is 13.0. The highest BCUT2D eigenvalue weighted by Crippen LogP contribution is 2.22. The fraction of sp³-hybridized carbons (Fsp3) is 0.857. The third-order valence-electron chi connectivity index (χ3n) is 3.22. The Morgan fingerprint density at radius 1 is 1.43 bits per heavy atom. The summed E-state index contributed by atoms with van der Waals surface area (Å²) in [5, 5.41) is 2.46. The molecule has 1 rings (SSSR count). The molecule has 0 aromatic rings. The molecule has 0 bridgehead atoms. The first-order valence-corrected chi connectivity index (χ1v) is 7.18. The molecule has 0 aromatic heterocycles. The van der Waals surface area contributed by atoms with Crippen molar-refractivity contribution in [2.75, 3.05) is 13.2 Å². The lowest BCUT2D eigenvalue weighted by Gasteiger charge is -2.28. The number of amides is 2. The number of alkyl carbamates (subject to hydrolysis) is 1. The Morgan fingerprint density at radius 2 is 2.05 bits per heavy atom. The van der Waals surface area contributed by atoms with Gasteiger partial charge in [-0.15, -0.1) is 0 Å². The number of carbonyl (C=O) groups excluding carboxylic acids is 2. The molecule has 0 unspecified atom stereocenters. The van der Waals surface area contributed by atoms with Crippen molar-refractivity contribution in [1.29, 1.82) is 0 Å². The molecule has 3 atom stereocenters. The van der Waals surface area contributed by atoms with Crippen molar-refractivity contribution in [2.24, 2.45) is 0 Å². The van der Waals surface area contributed by atoms with Gasteiger partial charge in [-0.2, -0.15) is 0 Å². The predicted octanol–water partition coefficient (Wildman–Crippen LogP) is 2.20. The predicted molar refractivity (Wildman–Crippen MR) is 74.4 cm³/mol. The van der Waals surface area contributed by atoms with Crippen LogP contribution in [0.15, 0.2) is 0 Å². The average molecular weight is 306 g/mol. The third kappa shape index (κ3) is 5.13. The van der Waals surface area contributed by atoms with Crippen molar-refractivity contribution < 1.29 is 23.1 Å². The number of hydrogen-bond acceptors (Lipinski definition) is 3. The molecule has 1 N–H and O–H groups in total. The summed E-state index contributed by atoms with van der Waals surface area (Å²) in [5.41, 5.74) is -0.676. The topological polar surface area (TPSA) is 58.6 Å². The first-order valence-electron chi connectivity index (χ1n) is 7.18. The second-order valence-corrected chi connectivity index (χ2v) is 6.24. The summed E-state index contributed by atoms with van der Waals surface area (Å²) >= 11 is 0. The first-order chi connectivity index (χ1) is 9.67. The zero-order chi connectivity index (χ0) is 16.2. The maximum absolute atomic E-state index is 13.4. The van der Waals surface area contributed by atoms with Crippen molar-refractivity contribution >= 4 is 12.0 Å². The van der Waals surface area contributed by atoms with Crippen LogP contribution in [0.4, 0.5) is 13.6 Å². The van der Waals surface area contributed by atoms with E-state index >= 15 is 0 Å². The maximum atomic E-state index is 13.4. The highest BCUT2D eigenvalue weighted by molar-refractivity contribution is 5.86. The van der Waals surface area contributed by atoms with Crippen molar-refractivity contribution in [3.05, 3.63) is 0 Å². The van der Waals surface area contributed by atoms with Gasteiger partial charge in [-0.3, -0.25) is 4.79 Å². The van der Waals surface area contributed by atoms with Crippen LogP contribution in [0.3, 0.4) is 0 Å². The van der Waals surface area contributed by atoms with Gasteiger partial charge in [0.25, 0.3) is 0 Å². The smallest absolute Gasteiger partial charge is 0.408 e. The first kappa shape index (κ1) is 17.7. The lowest BCUT2D eigenvalue weighted by Crippen LogP contribution is -2.51. The highest BCUT2D eigenvalue weighted by atomic mass is 19.1. The third-order valence-corrected chi connectivity index (χ3v) is 3.22. The van der Waals surface area contributed by atoms with Gasteiger partial charge in [-0.1, -0.05) is 6.92 Å². The molecule has 1 fully saturated rings. The number of likely N-dealkylation sites (tertiary alicyclic amines) is 1. The van der Waals surface area contributed by atoms with Gasteiger partial charge in [0, 0.05) is 6.42 Å². The van der Waals surface area contributed by atoms with E-state index in [0.717, 1.165) is 0 Å². The van der Waals surface area contributed by atoms with Crippen LogP contribution in [0.1, 0.15) is 40.5 Å². The second-order valence-electron chi connectivity index (χ2n) is 6.24. The number of carbonyl (C=O) groups is 2. The molecule has 1 aliphatic rings. The van der Waals surface area contributed by atoms with Crippen molar-refractivity contribution in [3.63, 3.8) is 0 Å². The Hall–Kier alpha value is -1.40. The summed E-state index contributed by atoms with van der Waals surface area (Å²) in [7, 11) is 0. The van der Waals surface area contributed by atoms with Gasteiger partial charge in [0.2, 0.25) is 5.91 Å². The lowest BCUT2D eigenvalue weighted by atomic mass is 10.1. The van der Waals surface area contributed by atoms with Crippen molar-refractivity contribution in [3.8, 4) is 0 Å². The number of nitrogens with zero attached hydrogens (tertiary/aromatic N) is 1. The van der Waals surface area contributed by atoms with Crippen LogP contribution in [0.25, 0.3) is 0 Å². The van der Waals surface area contributed by atoms with E-state index in [9.17, 15) is 18.4 Å². The molecule has 2 amide bonds. The Balaban J connectivity index is 2.67. The molecule has 1 heterocycles. The summed E-state index contributed by atoms with van der Waals surface area (Å²) < 4.78 is 31.3. The van der Waals surface area contributed by atoms with E-state index in [-0.39, 0.29) is 13.0 Å². The number of halogens is 2. The Kier molecular flexibility index (Phi) is 5.92. The summed E-state index contributed by atoms with van der Waals surface area (Å²) in [5.74, 6) is -0.467. The molecule has 0 radical (unpaired) electrons. The normalized spacial score (nSPS) is 23.8. The average Bonchev–Trinajstić information content (AvgIpc) is 2.74. The van der Waals surface area contributed by atoms with Gasteiger partial charge in [0.05, 0.1) is 12.6 Å². The Labute approximate surface area is 124 Å². The molecule has 0 aromatic carbocycles. The highest BCUT2D eigenvalue weighted by Gasteiger charge is 2.38. The van der Waals surface area contributed by atoms with Gasteiger partial charge >= 0.3 is 6.09 Å². The minimum Gasteiger partial charge on any atom is -0.444 e. The Morgan fingerprint density at radius 3 is 2.52 bits per heavy atom. The summed E-state index contributed by atoms with van der Waals surface area (Å²) in [6.07, 6.45) is -1.60.